The lowest BCUT2D eigenvalue weighted by atomic mass is 10.2. The lowest BCUT2D eigenvalue weighted by Crippen LogP contribution is -2.22. The lowest BCUT2D eigenvalue weighted by molar-refractivity contribution is -0.387. The van der Waals surface area contributed by atoms with Crippen LogP contribution in [-0.2, 0) is 4.79 Å². The molecule has 0 spiro atoms. The van der Waals surface area contributed by atoms with E-state index in [1.54, 1.807) is 25.4 Å². The van der Waals surface area contributed by atoms with Gasteiger partial charge in [0.1, 0.15) is 0 Å². The first kappa shape index (κ1) is 16.8. The average Bonchev–Trinajstić information content (AvgIpc) is 2.98. The van der Waals surface area contributed by atoms with E-state index in [0.29, 0.717) is 10.9 Å². The van der Waals surface area contributed by atoms with Gasteiger partial charge in [-0.2, -0.15) is 9.37 Å². The Hall–Kier alpha value is -3.08. The Bertz CT molecular complexity index is 930. The maximum atomic E-state index is 13.3. The summed E-state index contributed by atoms with van der Waals surface area (Å²) >= 11 is 1.11. The molecule has 0 aliphatic heterocycles. The van der Waals surface area contributed by atoms with Gasteiger partial charge in [0.05, 0.1) is 10.2 Å². The maximum Gasteiger partial charge on any atom is 0.306 e. The van der Waals surface area contributed by atoms with Crippen LogP contribution in [0.3, 0.4) is 0 Å². The van der Waals surface area contributed by atoms with Gasteiger partial charge >= 0.3 is 5.69 Å². The number of amides is 1. The van der Waals surface area contributed by atoms with Crippen LogP contribution in [0.5, 0.6) is 0 Å². The van der Waals surface area contributed by atoms with Crippen molar-refractivity contribution in [2.75, 3.05) is 5.32 Å². The highest BCUT2D eigenvalue weighted by molar-refractivity contribution is 8.00. The second-order valence-electron chi connectivity index (χ2n) is 4.93. The normalized spacial score (nSPS) is 12.1. The molecule has 0 aliphatic carbocycles. The number of carbonyl (C=O) groups excluding carboxylic acids is 1. The minimum atomic E-state index is -0.966. The molecule has 25 heavy (non-hydrogen) atoms. The van der Waals surface area contributed by atoms with E-state index in [0.717, 1.165) is 23.9 Å². The summed E-state index contributed by atoms with van der Waals surface area (Å²) in [6.07, 6.45) is 3.26. The standard InChI is InChI=1S/C14H11FN6O3S/c1-8(25-14-18-13-16-5-2-6-20(13)19-14)12(22)17-9-3-4-10(15)11(7-9)21(23)24/h2-8H,1H3,(H,17,22). The number of aromatic nitrogens is 4. The monoisotopic (exact) mass is 362 g/mol. The van der Waals surface area contributed by atoms with E-state index in [1.807, 2.05) is 0 Å². The van der Waals surface area contributed by atoms with E-state index in [9.17, 15) is 19.3 Å². The summed E-state index contributed by atoms with van der Waals surface area (Å²) in [4.78, 5) is 30.3. The third-order valence-electron chi connectivity index (χ3n) is 3.16. The van der Waals surface area contributed by atoms with Crippen molar-refractivity contribution in [3.05, 3.63) is 52.6 Å². The number of hydrogen-bond acceptors (Lipinski definition) is 7. The van der Waals surface area contributed by atoms with Crippen molar-refractivity contribution < 1.29 is 14.1 Å². The molecule has 1 N–H and O–H groups in total. The van der Waals surface area contributed by atoms with Crippen molar-refractivity contribution in [2.24, 2.45) is 0 Å². The van der Waals surface area contributed by atoms with Gasteiger partial charge in [0.2, 0.25) is 16.9 Å². The topological polar surface area (TPSA) is 115 Å². The van der Waals surface area contributed by atoms with Gasteiger partial charge in [-0.3, -0.25) is 14.9 Å². The maximum absolute atomic E-state index is 13.3. The molecule has 1 atom stereocenters. The molecule has 9 nitrogen and oxygen atoms in total. The quantitative estimate of drug-likeness (QED) is 0.420. The van der Waals surface area contributed by atoms with Gasteiger partial charge < -0.3 is 5.32 Å². The molecule has 1 aromatic carbocycles. The van der Waals surface area contributed by atoms with Crippen LogP contribution in [0.25, 0.3) is 5.78 Å². The third kappa shape index (κ3) is 3.71. The van der Waals surface area contributed by atoms with Crippen molar-refractivity contribution in [3.8, 4) is 0 Å². The van der Waals surface area contributed by atoms with Gasteiger partial charge in [0.15, 0.2) is 0 Å². The van der Waals surface area contributed by atoms with Crippen molar-refractivity contribution in [3.63, 3.8) is 0 Å². The third-order valence-corrected chi connectivity index (χ3v) is 4.11. The Balaban J connectivity index is 1.70. The van der Waals surface area contributed by atoms with E-state index in [4.69, 9.17) is 0 Å². The molecular weight excluding hydrogens is 351 g/mol. The first-order valence-corrected chi connectivity index (χ1v) is 7.91. The zero-order valence-corrected chi connectivity index (χ0v) is 13.6. The number of nitro groups is 1. The molecule has 1 unspecified atom stereocenters. The Labute approximate surface area is 144 Å². The first-order chi connectivity index (χ1) is 11.9. The molecule has 3 aromatic rings. The Kier molecular flexibility index (Phi) is 4.57. The molecular formula is C14H11FN6O3S. The predicted molar refractivity (Wildman–Crippen MR) is 87.8 cm³/mol. The van der Waals surface area contributed by atoms with Crippen molar-refractivity contribution >= 4 is 34.8 Å². The highest BCUT2D eigenvalue weighted by Crippen LogP contribution is 2.24. The van der Waals surface area contributed by atoms with Crippen molar-refractivity contribution in [1.82, 2.24) is 19.6 Å². The summed E-state index contributed by atoms with van der Waals surface area (Å²) in [6.45, 7) is 1.64. The molecule has 3 rings (SSSR count). The summed E-state index contributed by atoms with van der Waals surface area (Å²) < 4.78 is 14.8. The van der Waals surface area contributed by atoms with Gasteiger partial charge in [-0.25, -0.2) is 9.50 Å². The predicted octanol–water partition coefficient (Wildman–Crippen LogP) is 2.29. The molecule has 0 saturated heterocycles. The van der Waals surface area contributed by atoms with Crippen LogP contribution in [0.1, 0.15) is 6.92 Å². The van der Waals surface area contributed by atoms with E-state index in [1.165, 1.54) is 10.6 Å². The number of fused-ring (bicyclic) bond motifs is 1. The Morgan fingerprint density at radius 3 is 3.00 bits per heavy atom. The zero-order valence-electron chi connectivity index (χ0n) is 12.8. The van der Waals surface area contributed by atoms with Crippen LogP contribution < -0.4 is 5.32 Å². The van der Waals surface area contributed by atoms with Crippen LogP contribution in [0.15, 0.2) is 41.8 Å². The van der Waals surface area contributed by atoms with Crippen LogP contribution in [0.4, 0.5) is 15.8 Å². The SMILES string of the molecule is CC(Sc1nc2ncccn2n1)C(=O)Nc1ccc(F)c([N+](=O)[O-])c1. The molecule has 2 aromatic heterocycles. The second-order valence-corrected chi connectivity index (χ2v) is 6.24. The molecule has 0 fully saturated rings. The van der Waals surface area contributed by atoms with Gasteiger partial charge in [-0.1, -0.05) is 11.8 Å². The van der Waals surface area contributed by atoms with Crippen LogP contribution >= 0.6 is 11.8 Å². The van der Waals surface area contributed by atoms with Gasteiger partial charge in [-0.05, 0) is 25.1 Å². The number of rotatable bonds is 5. The number of thioether (sulfide) groups is 1. The van der Waals surface area contributed by atoms with Gasteiger partial charge in [0, 0.05) is 24.1 Å². The van der Waals surface area contributed by atoms with Crippen LogP contribution in [0.2, 0.25) is 0 Å². The molecule has 0 saturated carbocycles. The number of anilines is 1. The zero-order chi connectivity index (χ0) is 18.0. The van der Waals surface area contributed by atoms with Crippen LogP contribution in [-0.4, -0.2) is 35.7 Å². The number of nitro benzene ring substituents is 1. The number of nitrogens with one attached hydrogen (secondary N) is 1. The minimum Gasteiger partial charge on any atom is -0.325 e. The lowest BCUT2D eigenvalue weighted by Gasteiger charge is -2.10. The van der Waals surface area contributed by atoms with Gasteiger partial charge in [-0.15, -0.1) is 5.10 Å². The number of halogens is 1. The molecule has 2 heterocycles. The smallest absolute Gasteiger partial charge is 0.306 e. The summed E-state index contributed by atoms with van der Waals surface area (Å²) in [5.41, 5.74) is -0.568. The molecule has 11 heteroatoms. The first-order valence-electron chi connectivity index (χ1n) is 7.03. The van der Waals surface area contributed by atoms with Crippen molar-refractivity contribution in [1.29, 1.82) is 0 Å². The number of nitrogens with zero attached hydrogens (tertiary/aromatic N) is 5. The highest BCUT2D eigenvalue weighted by atomic mass is 32.2. The number of hydrogen-bond donors (Lipinski definition) is 1. The molecule has 1 amide bonds. The fraction of sp³-hybridized carbons (Fsp3) is 0.143. The molecule has 128 valence electrons. The summed E-state index contributed by atoms with van der Waals surface area (Å²) in [6, 6.07) is 4.86. The van der Waals surface area contributed by atoms with E-state index in [2.05, 4.69) is 20.4 Å². The van der Waals surface area contributed by atoms with E-state index in [-0.39, 0.29) is 5.69 Å². The fourth-order valence-electron chi connectivity index (χ4n) is 1.95. The second kappa shape index (κ2) is 6.81. The molecule has 0 radical (unpaired) electrons. The molecule has 0 bridgehead atoms. The summed E-state index contributed by atoms with van der Waals surface area (Å²) in [7, 11) is 0. The Morgan fingerprint density at radius 1 is 1.48 bits per heavy atom. The number of benzene rings is 1. The number of carbonyl (C=O) groups is 1. The Morgan fingerprint density at radius 2 is 2.28 bits per heavy atom. The summed E-state index contributed by atoms with van der Waals surface area (Å²) in [5.74, 6) is -0.976. The fourth-order valence-corrected chi connectivity index (χ4v) is 2.70. The average molecular weight is 362 g/mol. The minimum absolute atomic E-state index is 0.134. The van der Waals surface area contributed by atoms with Gasteiger partial charge in [0.25, 0.3) is 5.78 Å². The summed E-state index contributed by atoms with van der Waals surface area (Å²) in [5, 5.41) is 17.2. The van der Waals surface area contributed by atoms with E-state index < -0.39 is 27.6 Å². The van der Waals surface area contributed by atoms with Crippen LogP contribution in [0, 0.1) is 15.9 Å². The highest BCUT2D eigenvalue weighted by Gasteiger charge is 2.20. The molecule has 0 aliphatic rings. The van der Waals surface area contributed by atoms with Crippen molar-refractivity contribution in [2.45, 2.75) is 17.3 Å². The largest absolute Gasteiger partial charge is 0.325 e. The van der Waals surface area contributed by atoms with E-state index >= 15 is 0 Å².